The Morgan fingerprint density at radius 3 is 2.62 bits per heavy atom. The first kappa shape index (κ1) is 24.2. The van der Waals surface area contributed by atoms with Gasteiger partial charge >= 0.3 is 6.09 Å². The normalized spacial score (nSPS) is 16.1. The van der Waals surface area contributed by atoms with Crippen LogP contribution in [0.5, 0.6) is 5.75 Å². The quantitative estimate of drug-likeness (QED) is 0.484. The van der Waals surface area contributed by atoms with Gasteiger partial charge in [0.25, 0.3) is 0 Å². The molecule has 1 amide bonds. The van der Waals surface area contributed by atoms with Gasteiger partial charge in [-0.15, -0.1) is 0 Å². The topological polar surface area (TPSA) is 97.3 Å². The van der Waals surface area contributed by atoms with Crippen molar-refractivity contribution in [3.8, 4) is 5.75 Å². The lowest BCUT2D eigenvalue weighted by Crippen LogP contribution is -2.37. The molecule has 2 rings (SSSR count). The number of anilines is 1. The smallest absolute Gasteiger partial charge is 0.412 e. The van der Waals surface area contributed by atoms with Crippen molar-refractivity contribution in [1.82, 2.24) is 4.72 Å². The highest BCUT2D eigenvalue weighted by Gasteiger charge is 2.34. The highest BCUT2D eigenvalue weighted by atomic mass is 32.5. The van der Waals surface area contributed by atoms with Crippen LogP contribution in [-0.4, -0.2) is 52.8 Å². The zero-order valence-electron chi connectivity index (χ0n) is 17.2. The van der Waals surface area contributed by atoms with E-state index in [0.29, 0.717) is 43.8 Å². The lowest BCUT2D eigenvalue weighted by atomic mass is 10.0. The van der Waals surface area contributed by atoms with Crippen LogP contribution in [0.15, 0.2) is 18.2 Å². The van der Waals surface area contributed by atoms with Crippen LogP contribution in [0, 0.1) is 0 Å². The molecule has 0 aliphatic carbocycles. The summed E-state index contributed by atoms with van der Waals surface area (Å²) < 4.78 is 32.4. The molecule has 1 aromatic carbocycles. The molecule has 8 nitrogen and oxygen atoms in total. The number of hydrogen-bond donors (Lipinski definition) is 2. The number of amides is 1. The molecule has 0 bridgehead atoms. The summed E-state index contributed by atoms with van der Waals surface area (Å²) in [6.45, 7) is 6.35. The fourth-order valence-corrected chi connectivity index (χ4v) is 6.53. The lowest BCUT2D eigenvalue weighted by molar-refractivity contribution is 0.138. The molecule has 0 fully saturated rings. The number of ether oxygens (including phenoxy) is 1. The molecule has 164 valence electrons. The van der Waals surface area contributed by atoms with Crippen molar-refractivity contribution in [2.45, 2.75) is 39.7 Å². The Balaban J connectivity index is 2.04. The van der Waals surface area contributed by atoms with E-state index in [1.807, 2.05) is 33.8 Å². The molecule has 1 heterocycles. The number of benzene rings is 1. The summed E-state index contributed by atoms with van der Waals surface area (Å²) in [6.07, 6.45) is -0.110. The molecule has 0 saturated heterocycles. The van der Waals surface area contributed by atoms with Crippen LogP contribution < -0.4 is 14.4 Å². The molecule has 1 aromatic rings. The fourth-order valence-electron chi connectivity index (χ4n) is 3.06. The van der Waals surface area contributed by atoms with E-state index in [2.05, 4.69) is 4.72 Å². The number of carboxylic acid groups (broad SMARTS) is 1. The van der Waals surface area contributed by atoms with Gasteiger partial charge in [0.1, 0.15) is 28.2 Å². The maximum atomic E-state index is 12.5. The molecule has 2 N–H and O–H groups in total. The Kier molecular flexibility index (Phi) is 8.63. The summed E-state index contributed by atoms with van der Waals surface area (Å²) in [7, 11) is -1.63. The van der Waals surface area contributed by atoms with Gasteiger partial charge in [0, 0.05) is 24.7 Å². The first-order valence-corrected chi connectivity index (χ1v) is 13.6. The van der Waals surface area contributed by atoms with Crippen LogP contribution in [0.4, 0.5) is 10.5 Å². The van der Waals surface area contributed by atoms with Gasteiger partial charge in [0.2, 0.25) is 0 Å². The number of nitrogens with zero attached hydrogens (tertiary/aromatic N) is 1. The van der Waals surface area contributed by atoms with Crippen molar-refractivity contribution in [2.24, 2.45) is 0 Å². The van der Waals surface area contributed by atoms with Crippen molar-refractivity contribution in [1.29, 1.82) is 0 Å². The molecule has 1 aliphatic rings. The van der Waals surface area contributed by atoms with Gasteiger partial charge in [-0.1, -0.05) is 12.1 Å². The first-order valence-electron chi connectivity index (χ1n) is 9.42. The number of para-hydroxylation sites is 1. The molecule has 0 radical (unpaired) electrons. The molecule has 11 heteroatoms. The second kappa shape index (κ2) is 10.3. The largest absolute Gasteiger partial charge is 0.485 e. The number of fused-ring (bicyclic) bond motifs is 1. The number of rotatable bonds is 11. The average Bonchev–Trinajstić information content (AvgIpc) is 2.93. The molecule has 1 atom stereocenters. The van der Waals surface area contributed by atoms with E-state index in [-0.39, 0.29) is 5.88 Å². The third-order valence-electron chi connectivity index (χ3n) is 4.14. The second-order valence-electron chi connectivity index (χ2n) is 7.05. The standard InChI is InChI=1S/C18H29N2O6PS2/c1-5-24-27(28,25-6-2)11-10-19-29(23)13-20(17(21)22)15-9-7-8-14-12-18(3,4)26-16(14)15/h7-9,19H,5-6,10-13H2,1-4H3,(H,21,22). The SMILES string of the molecule is CCOP(=S)(CCNS(=O)CN(C(=O)O)c1cccc2c1OC(C)(C)C2)OCC. The molecule has 0 spiro atoms. The van der Waals surface area contributed by atoms with E-state index in [9.17, 15) is 14.1 Å². The first-order chi connectivity index (χ1) is 13.6. The lowest BCUT2D eigenvalue weighted by Gasteiger charge is -2.24. The van der Waals surface area contributed by atoms with Gasteiger partial charge < -0.3 is 18.9 Å². The van der Waals surface area contributed by atoms with Gasteiger partial charge in [-0.2, -0.15) is 0 Å². The molecular weight excluding hydrogens is 435 g/mol. The zero-order chi connectivity index (χ0) is 21.7. The van der Waals surface area contributed by atoms with Gasteiger partial charge in [0.05, 0.1) is 18.9 Å². The molecule has 1 unspecified atom stereocenters. The summed E-state index contributed by atoms with van der Waals surface area (Å²) in [5.41, 5.74) is 0.922. The van der Waals surface area contributed by atoms with Crippen molar-refractivity contribution in [3.63, 3.8) is 0 Å². The van der Waals surface area contributed by atoms with Crippen molar-refractivity contribution < 1.29 is 27.9 Å². The predicted molar refractivity (Wildman–Crippen MR) is 119 cm³/mol. The molecular formula is C18H29N2O6PS2. The zero-order valence-corrected chi connectivity index (χ0v) is 19.7. The minimum absolute atomic E-state index is 0.234. The van der Waals surface area contributed by atoms with Gasteiger partial charge in [-0.25, -0.2) is 13.7 Å². The Morgan fingerprint density at radius 2 is 2.03 bits per heavy atom. The van der Waals surface area contributed by atoms with Gasteiger partial charge in [0.15, 0.2) is 6.49 Å². The predicted octanol–water partition coefficient (Wildman–Crippen LogP) is 3.48. The minimum Gasteiger partial charge on any atom is -0.485 e. The Morgan fingerprint density at radius 1 is 1.38 bits per heavy atom. The maximum Gasteiger partial charge on any atom is 0.412 e. The summed E-state index contributed by atoms with van der Waals surface area (Å²) in [6, 6.07) is 5.36. The van der Waals surface area contributed by atoms with E-state index in [0.717, 1.165) is 10.5 Å². The van der Waals surface area contributed by atoms with Crippen molar-refractivity contribution in [2.75, 3.05) is 36.7 Å². The van der Waals surface area contributed by atoms with Crippen molar-refractivity contribution in [3.05, 3.63) is 23.8 Å². The number of carbonyl (C=O) groups is 1. The Bertz CT molecular complexity index is 795. The highest BCUT2D eigenvalue weighted by molar-refractivity contribution is 8.09. The molecule has 0 saturated carbocycles. The van der Waals surface area contributed by atoms with Gasteiger partial charge in [-0.05, 0) is 45.6 Å². The minimum atomic E-state index is -2.43. The van der Waals surface area contributed by atoms with E-state index >= 15 is 0 Å². The molecule has 29 heavy (non-hydrogen) atoms. The number of nitrogens with one attached hydrogen (secondary N) is 1. The molecule has 0 aromatic heterocycles. The molecule has 1 aliphatic heterocycles. The summed E-state index contributed by atoms with van der Waals surface area (Å²) in [5.74, 6) is 0.293. The average molecular weight is 465 g/mol. The summed E-state index contributed by atoms with van der Waals surface area (Å²) in [4.78, 5) is 12.9. The van der Waals surface area contributed by atoms with Crippen LogP contribution in [0.25, 0.3) is 0 Å². The third-order valence-corrected chi connectivity index (χ3v) is 8.41. The van der Waals surface area contributed by atoms with Crippen LogP contribution in [-0.2, 0) is 38.3 Å². The van der Waals surface area contributed by atoms with E-state index in [4.69, 9.17) is 25.6 Å². The summed E-state index contributed by atoms with van der Waals surface area (Å²) in [5, 5.41) is 9.69. The van der Waals surface area contributed by atoms with E-state index in [1.165, 1.54) is 0 Å². The van der Waals surface area contributed by atoms with Crippen LogP contribution >= 0.6 is 6.49 Å². The van der Waals surface area contributed by atoms with Crippen LogP contribution in [0.1, 0.15) is 33.3 Å². The van der Waals surface area contributed by atoms with Gasteiger partial charge in [-0.3, -0.25) is 4.90 Å². The Hall–Kier alpha value is -1.03. The third kappa shape index (κ3) is 6.73. The Labute approximate surface area is 179 Å². The van der Waals surface area contributed by atoms with Crippen LogP contribution in [0.2, 0.25) is 0 Å². The number of hydrogen-bond acceptors (Lipinski definition) is 6. The van der Waals surface area contributed by atoms with Crippen molar-refractivity contribution >= 4 is 41.1 Å². The summed E-state index contributed by atoms with van der Waals surface area (Å²) >= 11 is 5.44. The second-order valence-corrected chi connectivity index (χ2v) is 12.1. The maximum absolute atomic E-state index is 12.5. The fraction of sp³-hybridized carbons (Fsp3) is 0.611. The highest BCUT2D eigenvalue weighted by Crippen LogP contribution is 2.47. The van der Waals surface area contributed by atoms with E-state index in [1.54, 1.807) is 12.1 Å². The van der Waals surface area contributed by atoms with Crippen LogP contribution in [0.3, 0.4) is 0 Å². The monoisotopic (exact) mass is 464 g/mol. The van der Waals surface area contributed by atoms with E-state index < -0.39 is 29.2 Å².